The van der Waals surface area contributed by atoms with Gasteiger partial charge in [0.1, 0.15) is 0 Å². The van der Waals surface area contributed by atoms with Crippen molar-refractivity contribution in [3.63, 3.8) is 0 Å². The van der Waals surface area contributed by atoms with Crippen molar-refractivity contribution in [3.8, 4) is 0 Å². The molecule has 0 spiro atoms. The second-order valence-corrected chi connectivity index (χ2v) is 3.39. The lowest BCUT2D eigenvalue weighted by atomic mass is 10.2. The topological polar surface area (TPSA) is 38.7 Å². The summed E-state index contributed by atoms with van der Waals surface area (Å²) < 4.78 is 42.1. The van der Waals surface area contributed by atoms with E-state index >= 15 is 0 Å². The zero-order chi connectivity index (χ0) is 13.6. The molecule has 3 nitrogen and oxygen atoms in total. The van der Waals surface area contributed by atoms with Crippen molar-refractivity contribution in [2.45, 2.75) is 19.1 Å². The van der Waals surface area contributed by atoms with Crippen molar-refractivity contribution in [2.75, 3.05) is 6.61 Å². The van der Waals surface area contributed by atoms with Crippen LogP contribution in [0.4, 0.5) is 13.2 Å². The molecule has 0 aliphatic rings. The second-order valence-electron chi connectivity index (χ2n) is 3.39. The minimum atomic E-state index is -4.75. The molecule has 1 atom stereocenters. The Hall–Kier alpha value is -1.85. The fourth-order valence-electron chi connectivity index (χ4n) is 1.20. The molecule has 0 heterocycles. The van der Waals surface area contributed by atoms with Crippen LogP contribution < -0.4 is 0 Å². The molecule has 0 amide bonds. The summed E-state index contributed by atoms with van der Waals surface area (Å²) in [6, 6.07) is 5.74. The van der Waals surface area contributed by atoms with Gasteiger partial charge in [0.25, 0.3) is 0 Å². The summed E-state index contributed by atoms with van der Waals surface area (Å²) in [6.45, 7) is 1.32. The van der Waals surface area contributed by atoms with E-state index in [4.69, 9.17) is 0 Å². The molecule has 1 aromatic carbocycles. The van der Waals surface area contributed by atoms with E-state index in [2.05, 4.69) is 9.73 Å². The molecule has 0 saturated carbocycles. The number of hydrogen-bond donors (Lipinski definition) is 0. The number of halogens is 3. The molecule has 0 aliphatic carbocycles. The van der Waals surface area contributed by atoms with E-state index in [0.717, 1.165) is 6.21 Å². The molecule has 0 bridgehead atoms. The maximum atomic E-state index is 12.6. The van der Waals surface area contributed by atoms with Crippen LogP contribution >= 0.6 is 0 Å². The molecular formula is C12H12F3NO2. The quantitative estimate of drug-likeness (QED) is 0.615. The Morgan fingerprint density at radius 2 is 2.00 bits per heavy atom. The number of benzene rings is 1. The molecule has 1 aromatic rings. The van der Waals surface area contributed by atoms with E-state index in [9.17, 15) is 18.0 Å². The number of rotatable bonds is 4. The number of carbonyl (C=O) groups is 1. The number of esters is 1. The third-order valence-electron chi connectivity index (χ3n) is 1.99. The summed E-state index contributed by atoms with van der Waals surface area (Å²) in [5.74, 6) is -1.39. The highest BCUT2D eigenvalue weighted by atomic mass is 19.4. The second kappa shape index (κ2) is 6.18. The van der Waals surface area contributed by atoms with Gasteiger partial charge in [-0.15, -0.1) is 0 Å². The SMILES string of the molecule is CCOC(=O)C(N=Cc1ccccc1)C(F)(F)F. The van der Waals surface area contributed by atoms with Crippen LogP contribution in [0.3, 0.4) is 0 Å². The maximum Gasteiger partial charge on any atom is 0.421 e. The molecule has 1 unspecified atom stereocenters. The lowest BCUT2D eigenvalue weighted by Gasteiger charge is -2.14. The summed E-state index contributed by atoms with van der Waals surface area (Å²) in [4.78, 5) is 14.4. The summed E-state index contributed by atoms with van der Waals surface area (Å²) in [6.07, 6.45) is -3.74. The minimum absolute atomic E-state index is 0.119. The Morgan fingerprint density at radius 1 is 1.39 bits per heavy atom. The van der Waals surface area contributed by atoms with E-state index in [1.165, 1.54) is 6.92 Å². The van der Waals surface area contributed by atoms with Crippen molar-refractivity contribution in [1.29, 1.82) is 0 Å². The Labute approximate surface area is 102 Å². The third-order valence-corrected chi connectivity index (χ3v) is 1.99. The van der Waals surface area contributed by atoms with Crippen LogP contribution in [0.25, 0.3) is 0 Å². The molecule has 0 saturated heterocycles. The van der Waals surface area contributed by atoms with E-state index in [0.29, 0.717) is 5.56 Å². The molecule has 0 radical (unpaired) electrons. The Kier molecular flexibility index (Phi) is 4.88. The highest BCUT2D eigenvalue weighted by Gasteiger charge is 2.45. The standard InChI is InChI=1S/C12H12F3NO2/c1-2-18-11(17)10(12(13,14)15)16-8-9-6-4-3-5-7-9/h3-8,10H,2H2,1H3. The van der Waals surface area contributed by atoms with Gasteiger partial charge in [0.05, 0.1) is 6.61 Å². The van der Waals surface area contributed by atoms with Gasteiger partial charge in [0, 0.05) is 6.21 Å². The highest BCUT2D eigenvalue weighted by molar-refractivity contribution is 5.84. The molecule has 6 heteroatoms. The molecule has 98 valence electrons. The lowest BCUT2D eigenvalue weighted by Crippen LogP contribution is -2.36. The van der Waals surface area contributed by atoms with Gasteiger partial charge in [-0.05, 0) is 12.5 Å². The largest absolute Gasteiger partial charge is 0.464 e. The number of carbonyl (C=O) groups excluding carboxylic acids is 1. The zero-order valence-electron chi connectivity index (χ0n) is 9.65. The van der Waals surface area contributed by atoms with E-state index in [1.54, 1.807) is 30.3 Å². The number of ether oxygens (including phenoxy) is 1. The summed E-state index contributed by atoms with van der Waals surface area (Å²) in [7, 11) is 0. The fourth-order valence-corrected chi connectivity index (χ4v) is 1.20. The van der Waals surface area contributed by atoms with E-state index in [-0.39, 0.29) is 6.61 Å². The van der Waals surface area contributed by atoms with Gasteiger partial charge >= 0.3 is 12.1 Å². The Bertz CT molecular complexity index is 415. The van der Waals surface area contributed by atoms with Gasteiger partial charge in [0.2, 0.25) is 6.04 Å². The van der Waals surface area contributed by atoms with Crippen LogP contribution in [0.15, 0.2) is 35.3 Å². The first kappa shape index (κ1) is 14.2. The van der Waals surface area contributed by atoms with Gasteiger partial charge in [-0.3, -0.25) is 4.99 Å². The first-order valence-electron chi connectivity index (χ1n) is 5.26. The Morgan fingerprint density at radius 3 is 2.50 bits per heavy atom. The number of hydrogen-bond acceptors (Lipinski definition) is 3. The molecule has 18 heavy (non-hydrogen) atoms. The average Bonchev–Trinajstić information content (AvgIpc) is 2.29. The number of alkyl halides is 3. The van der Waals surface area contributed by atoms with Gasteiger partial charge in [-0.2, -0.15) is 13.2 Å². The molecule has 0 aromatic heterocycles. The van der Waals surface area contributed by atoms with Crippen molar-refractivity contribution in [3.05, 3.63) is 35.9 Å². The van der Waals surface area contributed by atoms with Crippen molar-refractivity contribution in [2.24, 2.45) is 4.99 Å². The first-order valence-corrected chi connectivity index (χ1v) is 5.26. The molecule has 0 fully saturated rings. The van der Waals surface area contributed by atoms with Crippen LogP contribution in [0.5, 0.6) is 0 Å². The lowest BCUT2D eigenvalue weighted by molar-refractivity contribution is -0.178. The van der Waals surface area contributed by atoms with Crippen LogP contribution in [0, 0.1) is 0 Å². The molecule has 1 rings (SSSR count). The smallest absolute Gasteiger partial charge is 0.421 e. The fraction of sp³-hybridized carbons (Fsp3) is 0.333. The number of nitrogens with zero attached hydrogens (tertiary/aromatic N) is 1. The van der Waals surface area contributed by atoms with Crippen LogP contribution in [0.1, 0.15) is 12.5 Å². The Balaban J connectivity index is 2.86. The third kappa shape index (κ3) is 4.20. The summed E-state index contributed by atoms with van der Waals surface area (Å²) in [5, 5.41) is 0. The van der Waals surface area contributed by atoms with Gasteiger partial charge in [0.15, 0.2) is 0 Å². The van der Waals surface area contributed by atoms with Gasteiger partial charge in [-0.1, -0.05) is 30.3 Å². The maximum absolute atomic E-state index is 12.6. The zero-order valence-corrected chi connectivity index (χ0v) is 9.65. The van der Waals surface area contributed by atoms with E-state index < -0.39 is 18.2 Å². The van der Waals surface area contributed by atoms with Gasteiger partial charge in [-0.25, -0.2) is 4.79 Å². The predicted molar refractivity (Wildman–Crippen MR) is 60.5 cm³/mol. The number of aliphatic imine (C=N–C) groups is 1. The minimum Gasteiger partial charge on any atom is -0.464 e. The predicted octanol–water partition coefficient (Wildman–Crippen LogP) is 2.60. The van der Waals surface area contributed by atoms with Crippen molar-refractivity contribution < 1.29 is 22.7 Å². The molecular weight excluding hydrogens is 247 g/mol. The van der Waals surface area contributed by atoms with Crippen LogP contribution in [-0.2, 0) is 9.53 Å². The average molecular weight is 259 g/mol. The normalized spacial score (nSPS) is 13.6. The monoisotopic (exact) mass is 259 g/mol. The highest BCUT2D eigenvalue weighted by Crippen LogP contribution is 2.24. The van der Waals surface area contributed by atoms with Crippen LogP contribution in [0.2, 0.25) is 0 Å². The van der Waals surface area contributed by atoms with E-state index in [1.807, 2.05) is 0 Å². The van der Waals surface area contributed by atoms with Crippen molar-refractivity contribution in [1.82, 2.24) is 0 Å². The first-order chi connectivity index (χ1) is 8.45. The summed E-state index contributed by atoms with van der Waals surface area (Å²) in [5.41, 5.74) is 0.482. The van der Waals surface area contributed by atoms with Gasteiger partial charge < -0.3 is 4.74 Å². The summed E-state index contributed by atoms with van der Waals surface area (Å²) >= 11 is 0. The van der Waals surface area contributed by atoms with Crippen LogP contribution in [-0.4, -0.2) is 31.0 Å². The van der Waals surface area contributed by atoms with Crippen molar-refractivity contribution >= 4 is 12.2 Å². The molecule has 0 aliphatic heterocycles. The molecule has 0 N–H and O–H groups in total.